The maximum absolute atomic E-state index is 13.4. The Morgan fingerprint density at radius 3 is 2.23 bits per heavy atom. The molecule has 35 heavy (non-hydrogen) atoms. The number of ether oxygens (including phenoxy) is 1. The van der Waals surface area contributed by atoms with Gasteiger partial charge in [-0.15, -0.1) is 0 Å². The predicted octanol–water partition coefficient (Wildman–Crippen LogP) is 4.23. The van der Waals surface area contributed by atoms with Gasteiger partial charge in [-0.05, 0) is 60.9 Å². The van der Waals surface area contributed by atoms with Crippen molar-refractivity contribution in [2.24, 2.45) is 0 Å². The van der Waals surface area contributed by atoms with Crippen LogP contribution in [0, 0.1) is 0 Å². The Labute approximate surface area is 210 Å². The monoisotopic (exact) mass is 510 g/mol. The summed E-state index contributed by atoms with van der Waals surface area (Å²) in [6.07, 6.45) is 0.289. The predicted molar refractivity (Wildman–Crippen MR) is 138 cm³/mol. The average Bonchev–Trinajstić information content (AvgIpc) is 3.28. The molecule has 2 atom stereocenters. The number of carbonyl (C=O) groups is 2. The van der Waals surface area contributed by atoms with Crippen molar-refractivity contribution in [1.82, 2.24) is 4.31 Å². The van der Waals surface area contributed by atoms with Gasteiger partial charge in [-0.2, -0.15) is 16.9 Å². The fraction of sp³-hybridized carbons (Fsp3) is 0.231. The summed E-state index contributed by atoms with van der Waals surface area (Å²) in [5.74, 6) is -0.899. The van der Waals surface area contributed by atoms with Crippen LogP contribution in [-0.2, 0) is 19.6 Å². The molecule has 1 amide bonds. The van der Waals surface area contributed by atoms with Gasteiger partial charge in [0.25, 0.3) is 0 Å². The minimum absolute atomic E-state index is 0.121. The zero-order chi connectivity index (χ0) is 25.0. The molecule has 0 aliphatic carbocycles. The first-order valence-corrected chi connectivity index (χ1v) is 13.2. The summed E-state index contributed by atoms with van der Waals surface area (Å²) in [6.45, 7) is 2.12. The maximum Gasteiger partial charge on any atom is 0.338 e. The molecule has 0 bridgehead atoms. The summed E-state index contributed by atoms with van der Waals surface area (Å²) < 4.78 is 33.0. The number of nitrogens with zero attached hydrogens (tertiary/aromatic N) is 1. The minimum Gasteiger partial charge on any atom is -0.462 e. The quantitative estimate of drug-likeness (QED) is 0.367. The van der Waals surface area contributed by atoms with Gasteiger partial charge in [0.15, 0.2) is 0 Å². The van der Waals surface area contributed by atoms with Gasteiger partial charge < -0.3 is 10.1 Å². The molecule has 1 saturated heterocycles. The van der Waals surface area contributed by atoms with E-state index >= 15 is 0 Å². The number of amides is 1. The van der Waals surface area contributed by atoms with Gasteiger partial charge in [-0.25, -0.2) is 13.2 Å². The number of hydrogen-bond donors (Lipinski definition) is 2. The SMILES string of the molecule is CCOC(=O)c1ccc(NC(=O)[C@@H]2C[C@H](S)CN2S(=O)(=O)c2ccc(-c3ccccc3)cc2)cc1. The molecule has 3 aromatic rings. The van der Waals surface area contributed by atoms with Gasteiger partial charge in [0, 0.05) is 17.5 Å². The van der Waals surface area contributed by atoms with Gasteiger partial charge in [0.2, 0.25) is 15.9 Å². The van der Waals surface area contributed by atoms with Crippen LogP contribution in [0.1, 0.15) is 23.7 Å². The molecule has 182 valence electrons. The van der Waals surface area contributed by atoms with Gasteiger partial charge >= 0.3 is 5.97 Å². The van der Waals surface area contributed by atoms with Crippen LogP contribution in [0.15, 0.2) is 83.8 Å². The maximum atomic E-state index is 13.4. The molecule has 0 saturated carbocycles. The van der Waals surface area contributed by atoms with E-state index in [0.29, 0.717) is 11.3 Å². The summed E-state index contributed by atoms with van der Waals surface area (Å²) in [5, 5.41) is 2.49. The molecule has 9 heteroatoms. The first kappa shape index (κ1) is 25.0. The highest BCUT2D eigenvalue weighted by molar-refractivity contribution is 7.89. The van der Waals surface area contributed by atoms with Crippen molar-refractivity contribution in [3.05, 3.63) is 84.4 Å². The molecule has 0 radical (unpaired) electrons. The van der Waals surface area contributed by atoms with Crippen LogP contribution in [0.2, 0.25) is 0 Å². The van der Waals surface area contributed by atoms with Crippen LogP contribution in [-0.4, -0.2) is 49.0 Å². The number of rotatable bonds is 7. The molecule has 1 fully saturated rings. The molecule has 7 nitrogen and oxygen atoms in total. The third kappa shape index (κ3) is 5.58. The number of benzene rings is 3. The zero-order valence-electron chi connectivity index (χ0n) is 19.1. The average molecular weight is 511 g/mol. The summed E-state index contributed by atoms with van der Waals surface area (Å²) in [5.41, 5.74) is 2.71. The highest BCUT2D eigenvalue weighted by Crippen LogP contribution is 2.31. The highest BCUT2D eigenvalue weighted by Gasteiger charge is 2.43. The van der Waals surface area contributed by atoms with E-state index in [1.165, 1.54) is 4.31 Å². The molecule has 0 spiro atoms. The number of esters is 1. The lowest BCUT2D eigenvalue weighted by molar-refractivity contribution is -0.119. The first-order chi connectivity index (χ1) is 16.8. The van der Waals surface area contributed by atoms with E-state index in [1.54, 1.807) is 55.5 Å². The lowest BCUT2D eigenvalue weighted by Crippen LogP contribution is -2.43. The molecule has 1 aliphatic rings. The van der Waals surface area contributed by atoms with Crippen LogP contribution in [0.4, 0.5) is 5.69 Å². The van der Waals surface area contributed by atoms with E-state index in [1.807, 2.05) is 30.3 Å². The van der Waals surface area contributed by atoms with E-state index in [2.05, 4.69) is 17.9 Å². The van der Waals surface area contributed by atoms with Crippen molar-refractivity contribution in [3.8, 4) is 11.1 Å². The number of nitrogens with one attached hydrogen (secondary N) is 1. The minimum atomic E-state index is -3.92. The normalized spacial score (nSPS) is 18.2. The van der Waals surface area contributed by atoms with Crippen LogP contribution >= 0.6 is 12.6 Å². The van der Waals surface area contributed by atoms with Crippen LogP contribution in [0.25, 0.3) is 11.1 Å². The lowest BCUT2D eigenvalue weighted by atomic mass is 10.1. The molecule has 4 rings (SSSR count). The summed E-state index contributed by atoms with van der Waals surface area (Å²) in [4.78, 5) is 25.0. The summed E-state index contributed by atoms with van der Waals surface area (Å²) in [7, 11) is -3.92. The number of carbonyl (C=O) groups excluding carboxylic acids is 2. The smallest absolute Gasteiger partial charge is 0.338 e. The van der Waals surface area contributed by atoms with Crippen molar-refractivity contribution in [3.63, 3.8) is 0 Å². The lowest BCUT2D eigenvalue weighted by Gasteiger charge is -2.23. The van der Waals surface area contributed by atoms with Gasteiger partial charge in [0.05, 0.1) is 17.1 Å². The third-order valence-electron chi connectivity index (χ3n) is 5.77. The van der Waals surface area contributed by atoms with Crippen molar-refractivity contribution < 1.29 is 22.7 Å². The Balaban J connectivity index is 1.51. The largest absolute Gasteiger partial charge is 0.462 e. The van der Waals surface area contributed by atoms with Crippen LogP contribution in [0.3, 0.4) is 0 Å². The topological polar surface area (TPSA) is 92.8 Å². The van der Waals surface area contributed by atoms with Crippen LogP contribution < -0.4 is 5.32 Å². The zero-order valence-corrected chi connectivity index (χ0v) is 20.8. The van der Waals surface area contributed by atoms with E-state index in [-0.39, 0.29) is 29.7 Å². The molecule has 1 N–H and O–H groups in total. The number of thiol groups is 1. The Morgan fingerprint density at radius 2 is 1.60 bits per heavy atom. The second-order valence-electron chi connectivity index (χ2n) is 8.16. The fourth-order valence-electron chi connectivity index (χ4n) is 4.00. The first-order valence-electron chi connectivity index (χ1n) is 11.2. The summed E-state index contributed by atoms with van der Waals surface area (Å²) in [6, 6.07) is 21.7. The fourth-order valence-corrected chi connectivity index (χ4v) is 6.13. The Kier molecular flexibility index (Phi) is 7.59. The van der Waals surface area contributed by atoms with Crippen molar-refractivity contribution >= 4 is 40.2 Å². The van der Waals surface area contributed by atoms with E-state index in [9.17, 15) is 18.0 Å². The highest BCUT2D eigenvalue weighted by atomic mass is 32.2. The molecule has 0 unspecified atom stereocenters. The molecule has 0 aromatic heterocycles. The Hall–Kier alpha value is -3.14. The van der Waals surface area contributed by atoms with E-state index in [0.717, 1.165) is 11.1 Å². The van der Waals surface area contributed by atoms with Crippen molar-refractivity contribution in [2.45, 2.75) is 29.5 Å². The van der Waals surface area contributed by atoms with Crippen molar-refractivity contribution in [2.75, 3.05) is 18.5 Å². The molecular weight excluding hydrogens is 484 g/mol. The standard InChI is InChI=1S/C26H26N2O5S2/c1-2-33-26(30)20-8-12-21(13-9-20)27-25(29)24-16-22(34)17-28(24)35(31,32)23-14-10-19(11-15-23)18-6-4-3-5-7-18/h3-15,22,24,34H,2,16-17H2,1H3,(H,27,29)/t22-,24-/m0/s1. The van der Waals surface area contributed by atoms with Crippen molar-refractivity contribution in [1.29, 1.82) is 0 Å². The van der Waals surface area contributed by atoms with E-state index < -0.39 is 27.9 Å². The number of anilines is 1. The van der Waals surface area contributed by atoms with Crippen LogP contribution in [0.5, 0.6) is 0 Å². The molecule has 1 heterocycles. The molecule has 3 aromatic carbocycles. The third-order valence-corrected chi connectivity index (χ3v) is 8.03. The van der Waals surface area contributed by atoms with E-state index in [4.69, 9.17) is 4.74 Å². The second-order valence-corrected chi connectivity index (χ2v) is 10.8. The number of sulfonamides is 1. The Bertz CT molecular complexity index is 1290. The van der Waals surface area contributed by atoms with Gasteiger partial charge in [-0.1, -0.05) is 42.5 Å². The number of hydrogen-bond acceptors (Lipinski definition) is 6. The summed E-state index contributed by atoms with van der Waals surface area (Å²) >= 11 is 4.46. The molecular formula is C26H26N2O5S2. The van der Waals surface area contributed by atoms with Gasteiger partial charge in [0.1, 0.15) is 6.04 Å². The molecule has 1 aliphatic heterocycles. The Morgan fingerprint density at radius 1 is 0.971 bits per heavy atom. The van der Waals surface area contributed by atoms with Gasteiger partial charge in [-0.3, -0.25) is 4.79 Å². The second kappa shape index (κ2) is 10.6.